The molecule has 0 aliphatic heterocycles. The van der Waals surface area contributed by atoms with Crippen LogP contribution in [0.25, 0.3) is 0 Å². The van der Waals surface area contributed by atoms with E-state index < -0.39 is 6.10 Å². The summed E-state index contributed by atoms with van der Waals surface area (Å²) >= 11 is 0. The van der Waals surface area contributed by atoms with Crippen molar-refractivity contribution in [1.29, 1.82) is 0 Å². The first kappa shape index (κ1) is 11.6. The van der Waals surface area contributed by atoms with Crippen LogP contribution in [0.15, 0.2) is 0 Å². The summed E-state index contributed by atoms with van der Waals surface area (Å²) in [5, 5.41) is 8.88. The molecule has 0 amide bonds. The molecule has 0 radical (unpaired) electrons. The first-order chi connectivity index (χ1) is 5.54. The highest BCUT2D eigenvalue weighted by atomic mass is 16.3. The van der Waals surface area contributed by atoms with E-state index in [0.29, 0.717) is 12.3 Å². The fourth-order valence-corrected chi connectivity index (χ4v) is 1.06. The molecule has 12 heavy (non-hydrogen) atoms. The van der Waals surface area contributed by atoms with Crippen LogP contribution in [0.1, 0.15) is 46.5 Å². The lowest BCUT2D eigenvalue weighted by Gasteiger charge is -2.04. The molecule has 0 saturated heterocycles. The zero-order chi connectivity index (χ0) is 9.56. The fraction of sp³-hybridized carbons (Fsp3) is 0.900. The van der Waals surface area contributed by atoms with Crippen LogP contribution in [0.2, 0.25) is 0 Å². The molecule has 0 spiro atoms. The summed E-state index contributed by atoms with van der Waals surface area (Å²) in [6, 6.07) is 0. The van der Waals surface area contributed by atoms with E-state index in [1.807, 2.05) is 0 Å². The first-order valence-electron chi connectivity index (χ1n) is 4.74. The highest BCUT2D eigenvalue weighted by molar-refractivity contribution is 5.82. The van der Waals surface area contributed by atoms with E-state index in [-0.39, 0.29) is 5.78 Å². The minimum absolute atomic E-state index is 0.0289. The Hall–Kier alpha value is -0.370. The van der Waals surface area contributed by atoms with Gasteiger partial charge in [0.1, 0.15) is 6.10 Å². The average Bonchev–Trinajstić information content (AvgIpc) is 1.97. The third-order valence-electron chi connectivity index (χ3n) is 1.92. The van der Waals surface area contributed by atoms with E-state index in [9.17, 15) is 4.79 Å². The Morgan fingerprint density at radius 1 is 1.25 bits per heavy atom. The van der Waals surface area contributed by atoms with Gasteiger partial charge in [0, 0.05) is 6.42 Å². The van der Waals surface area contributed by atoms with Crippen molar-refractivity contribution in [3.63, 3.8) is 0 Å². The Labute approximate surface area is 75.0 Å². The van der Waals surface area contributed by atoms with Gasteiger partial charge in [-0.25, -0.2) is 0 Å². The van der Waals surface area contributed by atoms with Crippen LogP contribution in [-0.4, -0.2) is 17.0 Å². The highest BCUT2D eigenvalue weighted by Crippen LogP contribution is 2.08. The van der Waals surface area contributed by atoms with Crippen LogP contribution in [0.5, 0.6) is 0 Å². The van der Waals surface area contributed by atoms with Crippen LogP contribution in [0.4, 0.5) is 0 Å². The Morgan fingerprint density at radius 3 is 2.25 bits per heavy atom. The van der Waals surface area contributed by atoms with Crippen LogP contribution >= 0.6 is 0 Å². The zero-order valence-electron chi connectivity index (χ0n) is 8.34. The molecule has 0 rings (SSSR count). The molecule has 0 heterocycles. The van der Waals surface area contributed by atoms with Crippen molar-refractivity contribution in [2.75, 3.05) is 0 Å². The minimum Gasteiger partial charge on any atom is -0.386 e. The molecular formula is C10H20O2. The molecule has 0 aliphatic carbocycles. The maximum atomic E-state index is 10.9. The molecule has 72 valence electrons. The summed E-state index contributed by atoms with van der Waals surface area (Å²) in [5.74, 6) is 0.686. The van der Waals surface area contributed by atoms with Crippen LogP contribution in [-0.2, 0) is 4.79 Å². The fourth-order valence-electron chi connectivity index (χ4n) is 1.06. The summed E-state index contributed by atoms with van der Waals surface area (Å²) in [6.45, 7) is 5.89. The van der Waals surface area contributed by atoms with Crippen molar-refractivity contribution in [2.24, 2.45) is 5.92 Å². The minimum atomic E-state index is -0.774. The summed E-state index contributed by atoms with van der Waals surface area (Å²) in [6.07, 6.45) is 2.94. The summed E-state index contributed by atoms with van der Waals surface area (Å²) in [7, 11) is 0. The van der Waals surface area contributed by atoms with Gasteiger partial charge in [-0.15, -0.1) is 0 Å². The van der Waals surface area contributed by atoms with Crippen molar-refractivity contribution in [2.45, 2.75) is 52.6 Å². The van der Waals surface area contributed by atoms with Crippen LogP contribution in [0, 0.1) is 5.92 Å². The molecule has 0 aromatic carbocycles. The van der Waals surface area contributed by atoms with E-state index >= 15 is 0 Å². The first-order valence-corrected chi connectivity index (χ1v) is 4.74. The summed E-state index contributed by atoms with van der Waals surface area (Å²) < 4.78 is 0. The van der Waals surface area contributed by atoms with E-state index in [4.69, 9.17) is 5.11 Å². The Morgan fingerprint density at radius 2 is 1.83 bits per heavy atom. The molecule has 2 nitrogen and oxygen atoms in total. The summed E-state index contributed by atoms with van der Waals surface area (Å²) in [5.41, 5.74) is 0. The number of rotatable bonds is 6. The molecule has 0 aliphatic rings. The molecule has 0 saturated carbocycles. The monoisotopic (exact) mass is 172 g/mol. The lowest BCUT2D eigenvalue weighted by Crippen LogP contribution is -2.15. The van der Waals surface area contributed by atoms with E-state index in [0.717, 1.165) is 12.8 Å². The van der Waals surface area contributed by atoms with Crippen LogP contribution in [0.3, 0.4) is 0 Å². The van der Waals surface area contributed by atoms with E-state index in [1.54, 1.807) is 0 Å². The predicted molar refractivity (Wildman–Crippen MR) is 50.0 cm³/mol. The highest BCUT2D eigenvalue weighted by Gasteiger charge is 2.07. The second-order valence-corrected chi connectivity index (χ2v) is 3.78. The lowest BCUT2D eigenvalue weighted by atomic mass is 10.0. The Balaban J connectivity index is 3.26. The van der Waals surface area contributed by atoms with E-state index in [2.05, 4.69) is 13.8 Å². The third-order valence-corrected chi connectivity index (χ3v) is 1.92. The zero-order valence-corrected chi connectivity index (χ0v) is 8.34. The maximum Gasteiger partial charge on any atom is 0.160 e. The van der Waals surface area contributed by atoms with Crippen molar-refractivity contribution in [3.8, 4) is 0 Å². The summed E-state index contributed by atoms with van der Waals surface area (Å²) in [4.78, 5) is 10.9. The van der Waals surface area contributed by atoms with Gasteiger partial charge in [0.25, 0.3) is 0 Å². The van der Waals surface area contributed by atoms with Gasteiger partial charge in [-0.2, -0.15) is 0 Å². The quantitative estimate of drug-likeness (QED) is 0.623. The smallest absolute Gasteiger partial charge is 0.160 e. The number of aliphatic hydroxyl groups is 1. The largest absolute Gasteiger partial charge is 0.386 e. The molecule has 1 atom stereocenters. The van der Waals surface area contributed by atoms with Gasteiger partial charge in [0.05, 0.1) is 0 Å². The van der Waals surface area contributed by atoms with Gasteiger partial charge in [-0.3, -0.25) is 4.79 Å². The molecule has 2 heteroatoms. The van der Waals surface area contributed by atoms with Gasteiger partial charge in [-0.05, 0) is 19.3 Å². The average molecular weight is 172 g/mol. The Bertz CT molecular complexity index is 128. The standard InChI is InChI=1S/C10H20O2/c1-8(2)6-4-5-7-10(12)9(3)11/h8-9,11H,4-7H2,1-3H3. The van der Waals surface area contributed by atoms with Gasteiger partial charge < -0.3 is 5.11 Å². The van der Waals surface area contributed by atoms with Gasteiger partial charge >= 0.3 is 0 Å². The number of unbranched alkanes of at least 4 members (excludes halogenated alkanes) is 1. The van der Waals surface area contributed by atoms with Gasteiger partial charge in [0.15, 0.2) is 5.78 Å². The maximum absolute atomic E-state index is 10.9. The number of hydrogen-bond acceptors (Lipinski definition) is 2. The second-order valence-electron chi connectivity index (χ2n) is 3.78. The number of carbonyl (C=O) groups is 1. The number of hydrogen-bond donors (Lipinski definition) is 1. The lowest BCUT2D eigenvalue weighted by molar-refractivity contribution is -0.126. The van der Waals surface area contributed by atoms with E-state index in [1.165, 1.54) is 13.3 Å². The molecule has 1 N–H and O–H groups in total. The van der Waals surface area contributed by atoms with Gasteiger partial charge in [-0.1, -0.05) is 26.7 Å². The van der Waals surface area contributed by atoms with Crippen LogP contribution < -0.4 is 0 Å². The van der Waals surface area contributed by atoms with Crippen molar-refractivity contribution in [1.82, 2.24) is 0 Å². The number of Topliss-reactive ketones (excluding diaryl/α,β-unsaturated/α-hetero) is 1. The molecular weight excluding hydrogens is 152 g/mol. The topological polar surface area (TPSA) is 37.3 Å². The molecule has 1 unspecified atom stereocenters. The van der Waals surface area contributed by atoms with Crippen molar-refractivity contribution >= 4 is 5.78 Å². The van der Waals surface area contributed by atoms with Gasteiger partial charge in [0.2, 0.25) is 0 Å². The number of aliphatic hydroxyl groups excluding tert-OH is 1. The SMILES string of the molecule is CC(C)CCCCC(=O)C(C)O. The Kier molecular flexibility index (Phi) is 5.99. The number of carbonyl (C=O) groups excluding carboxylic acids is 1. The molecule has 0 aromatic heterocycles. The molecule has 0 fully saturated rings. The normalized spacial score (nSPS) is 13.4. The van der Waals surface area contributed by atoms with Crippen molar-refractivity contribution in [3.05, 3.63) is 0 Å². The van der Waals surface area contributed by atoms with Crippen molar-refractivity contribution < 1.29 is 9.90 Å². The third kappa shape index (κ3) is 6.35. The predicted octanol–water partition coefficient (Wildman–Crippen LogP) is 2.15. The molecule has 0 aromatic rings. The number of ketones is 1. The second kappa shape index (κ2) is 6.18. The molecule has 0 bridgehead atoms.